The van der Waals surface area contributed by atoms with Crippen LogP contribution in [0.25, 0.3) is 0 Å². The van der Waals surface area contributed by atoms with Gasteiger partial charge in [-0.25, -0.2) is 4.98 Å². The second-order valence-corrected chi connectivity index (χ2v) is 2.57. The molecular weight excluding hydrogens is 142 g/mol. The molecule has 2 heteroatoms. The van der Waals surface area contributed by atoms with Gasteiger partial charge in [-0.3, -0.25) is 0 Å². The lowest BCUT2D eigenvalue weighted by Crippen LogP contribution is -1.67. The fraction of sp³-hybridized carbons (Fsp3) is 0.625. The summed E-state index contributed by atoms with van der Waals surface area (Å²) < 4.78 is 0. The van der Waals surface area contributed by atoms with Crippen molar-refractivity contribution in [2.75, 3.05) is 0 Å². The molecule has 1 aromatic heterocycles. The van der Waals surface area contributed by atoms with Crippen LogP contribution in [0.4, 0.5) is 0 Å². The van der Waals surface area contributed by atoms with Crippen LogP contribution < -0.4 is 0 Å². The molecule has 0 aliphatic rings. The van der Waals surface area contributed by atoms with Crippen LogP contribution >= 0.6 is 11.3 Å². The van der Waals surface area contributed by atoms with Gasteiger partial charge >= 0.3 is 0 Å². The number of hydrogen-bond donors (Lipinski definition) is 0. The van der Waals surface area contributed by atoms with Crippen LogP contribution in [-0.2, 0) is 0 Å². The fourth-order valence-corrected chi connectivity index (χ4v) is 1.06. The summed E-state index contributed by atoms with van der Waals surface area (Å²) in [5.74, 6) is 0. The Balaban J connectivity index is 0. The maximum absolute atomic E-state index is 4.13. The summed E-state index contributed by atoms with van der Waals surface area (Å²) in [4.78, 5) is 4.13. The van der Waals surface area contributed by atoms with E-state index in [1.807, 2.05) is 27.7 Å². The van der Waals surface area contributed by atoms with Crippen molar-refractivity contribution in [3.63, 3.8) is 0 Å². The van der Waals surface area contributed by atoms with Gasteiger partial charge in [0.05, 0.1) is 5.01 Å². The van der Waals surface area contributed by atoms with Crippen LogP contribution in [0.2, 0.25) is 0 Å². The first-order valence-corrected chi connectivity index (χ1v) is 4.06. The zero-order valence-electron chi connectivity index (χ0n) is 6.43. The second-order valence-electron chi connectivity index (χ2n) is 1.51. The third kappa shape index (κ3) is 4.50. The number of thiazole rings is 1. The van der Waals surface area contributed by atoms with Crippen molar-refractivity contribution in [3.05, 3.63) is 16.1 Å². The Hall–Kier alpha value is -0.370. The predicted molar refractivity (Wildman–Crippen MR) is 49.7 cm³/mol. The summed E-state index contributed by atoms with van der Waals surface area (Å²) in [5.41, 5.74) is 1.13. The first kappa shape index (κ1) is 12.3. The number of nitrogens with zero attached hydrogens (tertiary/aromatic N) is 1. The van der Waals surface area contributed by atoms with E-state index < -0.39 is 0 Å². The molecule has 0 radical (unpaired) electrons. The van der Waals surface area contributed by atoms with Crippen LogP contribution in [0.1, 0.15) is 32.0 Å². The minimum absolute atomic E-state index is 0. The molecule has 1 heterocycles. The first-order chi connectivity index (χ1) is 4.29. The van der Waals surface area contributed by atoms with E-state index in [-0.39, 0.29) is 7.43 Å². The average Bonchev–Trinajstić information content (AvgIpc) is 2.20. The highest BCUT2D eigenvalue weighted by Crippen LogP contribution is 2.04. The fourth-order valence-electron chi connectivity index (χ4n) is 0.472. The Morgan fingerprint density at radius 2 is 1.80 bits per heavy atom. The second kappa shape index (κ2) is 6.75. The molecule has 0 aliphatic carbocycles. The van der Waals surface area contributed by atoms with E-state index in [0.29, 0.717) is 0 Å². The van der Waals surface area contributed by atoms with Crippen molar-refractivity contribution < 1.29 is 0 Å². The van der Waals surface area contributed by atoms with Gasteiger partial charge in [-0.05, 0) is 13.8 Å². The minimum atomic E-state index is 0. The summed E-state index contributed by atoms with van der Waals surface area (Å²) >= 11 is 1.69. The number of aromatic nitrogens is 1. The van der Waals surface area contributed by atoms with Crippen molar-refractivity contribution in [1.82, 2.24) is 4.98 Å². The summed E-state index contributed by atoms with van der Waals surface area (Å²) in [6.45, 7) is 8.02. The van der Waals surface area contributed by atoms with Crippen LogP contribution in [0.15, 0.2) is 5.38 Å². The normalized spacial score (nSPS) is 7.20. The number of aryl methyl sites for hydroxylation is 2. The van der Waals surface area contributed by atoms with E-state index in [9.17, 15) is 0 Å². The highest BCUT2D eigenvalue weighted by molar-refractivity contribution is 7.09. The van der Waals surface area contributed by atoms with Gasteiger partial charge in [-0.1, -0.05) is 21.3 Å². The number of hydrogen-bond acceptors (Lipinski definition) is 2. The monoisotopic (exact) mass is 159 g/mol. The zero-order chi connectivity index (χ0) is 7.28. The van der Waals surface area contributed by atoms with Crippen molar-refractivity contribution in [2.45, 2.75) is 35.1 Å². The van der Waals surface area contributed by atoms with Gasteiger partial charge in [-0.15, -0.1) is 11.3 Å². The summed E-state index contributed by atoms with van der Waals surface area (Å²) in [6.07, 6.45) is 0. The summed E-state index contributed by atoms with van der Waals surface area (Å²) in [6, 6.07) is 0. The first-order valence-electron chi connectivity index (χ1n) is 3.18. The quantitative estimate of drug-likeness (QED) is 0.565. The molecule has 0 atom stereocenters. The van der Waals surface area contributed by atoms with E-state index in [4.69, 9.17) is 0 Å². The van der Waals surface area contributed by atoms with Crippen molar-refractivity contribution >= 4 is 11.3 Å². The molecular formula is C8H17NS. The average molecular weight is 159 g/mol. The molecule has 0 aliphatic heterocycles. The Kier molecular flexibility index (Phi) is 8.31. The van der Waals surface area contributed by atoms with Crippen molar-refractivity contribution in [1.29, 1.82) is 0 Å². The third-order valence-corrected chi connectivity index (χ3v) is 1.63. The van der Waals surface area contributed by atoms with Gasteiger partial charge in [0.15, 0.2) is 0 Å². The van der Waals surface area contributed by atoms with Crippen LogP contribution in [-0.4, -0.2) is 4.98 Å². The van der Waals surface area contributed by atoms with Crippen LogP contribution in [0.5, 0.6) is 0 Å². The number of rotatable bonds is 0. The van der Waals surface area contributed by atoms with Crippen molar-refractivity contribution in [2.24, 2.45) is 0 Å². The molecule has 0 saturated carbocycles. The molecule has 0 spiro atoms. The zero-order valence-corrected chi connectivity index (χ0v) is 7.25. The molecule has 60 valence electrons. The van der Waals surface area contributed by atoms with Crippen molar-refractivity contribution in [3.8, 4) is 0 Å². The topological polar surface area (TPSA) is 12.9 Å². The summed E-state index contributed by atoms with van der Waals surface area (Å²) in [7, 11) is 0. The molecule has 0 fully saturated rings. The molecule has 10 heavy (non-hydrogen) atoms. The largest absolute Gasteiger partial charge is 0.247 e. The van der Waals surface area contributed by atoms with Crippen LogP contribution in [0.3, 0.4) is 0 Å². The molecule has 0 bridgehead atoms. The lowest BCUT2D eigenvalue weighted by Gasteiger charge is -1.71. The maximum Gasteiger partial charge on any atom is 0.0897 e. The van der Waals surface area contributed by atoms with E-state index >= 15 is 0 Å². The Labute approximate surface area is 68.1 Å². The molecule has 1 aromatic rings. The van der Waals surface area contributed by atoms with E-state index in [2.05, 4.69) is 10.4 Å². The lowest BCUT2D eigenvalue weighted by molar-refractivity contribution is 1.20. The molecule has 0 unspecified atom stereocenters. The van der Waals surface area contributed by atoms with Gasteiger partial charge in [0.2, 0.25) is 0 Å². The Bertz CT molecular complexity index is 142. The van der Waals surface area contributed by atoms with Crippen LogP contribution in [0, 0.1) is 13.8 Å². The molecule has 0 amide bonds. The van der Waals surface area contributed by atoms with Gasteiger partial charge in [0, 0.05) is 11.1 Å². The SMILES string of the molecule is C.CC.Cc1csc(C)n1. The van der Waals surface area contributed by atoms with E-state index in [1.54, 1.807) is 11.3 Å². The lowest BCUT2D eigenvalue weighted by atomic mass is 10.6. The van der Waals surface area contributed by atoms with Gasteiger partial charge < -0.3 is 0 Å². The van der Waals surface area contributed by atoms with Gasteiger partial charge in [0.25, 0.3) is 0 Å². The maximum atomic E-state index is 4.13. The van der Waals surface area contributed by atoms with E-state index in [1.165, 1.54) is 0 Å². The van der Waals surface area contributed by atoms with Gasteiger partial charge in [-0.2, -0.15) is 0 Å². The smallest absolute Gasteiger partial charge is 0.0897 e. The summed E-state index contributed by atoms with van der Waals surface area (Å²) in [5, 5.41) is 3.20. The predicted octanol–water partition coefficient (Wildman–Crippen LogP) is 3.42. The van der Waals surface area contributed by atoms with Gasteiger partial charge in [0.1, 0.15) is 0 Å². The molecule has 0 saturated heterocycles. The van der Waals surface area contributed by atoms with E-state index in [0.717, 1.165) is 10.7 Å². The molecule has 1 nitrogen and oxygen atoms in total. The third-order valence-electron chi connectivity index (χ3n) is 0.734. The highest BCUT2D eigenvalue weighted by Gasteiger charge is 1.85. The molecule has 0 N–H and O–H groups in total. The Morgan fingerprint density at radius 3 is 1.90 bits per heavy atom. The minimum Gasteiger partial charge on any atom is -0.247 e. The molecule has 0 aromatic carbocycles. The Morgan fingerprint density at radius 1 is 1.30 bits per heavy atom. The highest BCUT2D eigenvalue weighted by atomic mass is 32.1. The standard InChI is InChI=1S/C5H7NS.C2H6.CH4/c1-4-3-7-5(2)6-4;1-2;/h3H,1-2H3;1-2H3;1H4. The molecule has 1 rings (SSSR count).